The van der Waals surface area contributed by atoms with E-state index >= 15 is 0 Å². The minimum atomic E-state index is -1.64. The zero-order valence-corrected chi connectivity index (χ0v) is 12.0. The third kappa shape index (κ3) is 3.34. The number of aliphatic carboxylic acids is 1. The van der Waals surface area contributed by atoms with Crippen molar-refractivity contribution in [1.29, 1.82) is 0 Å². The molecule has 2 atom stereocenters. The van der Waals surface area contributed by atoms with Gasteiger partial charge < -0.3 is 20.5 Å². The maximum Gasteiger partial charge on any atom is 0.334 e. The summed E-state index contributed by atoms with van der Waals surface area (Å²) in [4.78, 5) is 25.8. The van der Waals surface area contributed by atoms with Crippen molar-refractivity contribution in [3.05, 3.63) is 35.0 Å². The first-order valence-electron chi connectivity index (χ1n) is 6.42. The number of aromatic nitrogens is 1. The molecule has 1 aromatic heterocycles. The van der Waals surface area contributed by atoms with Crippen LogP contribution < -0.4 is 5.32 Å². The van der Waals surface area contributed by atoms with E-state index < -0.39 is 24.0 Å². The monoisotopic (exact) mass is 310 g/mol. The topological polar surface area (TPSA) is 102 Å². The number of nitrogens with one attached hydrogen (secondary N) is 2. The molecule has 6 nitrogen and oxygen atoms in total. The Morgan fingerprint density at radius 1 is 1.38 bits per heavy atom. The summed E-state index contributed by atoms with van der Waals surface area (Å²) in [5.74, 6) is -1.85. The third-order valence-electron chi connectivity index (χ3n) is 3.22. The maximum absolute atomic E-state index is 12.1. The van der Waals surface area contributed by atoms with Gasteiger partial charge in [0.15, 0.2) is 6.10 Å². The van der Waals surface area contributed by atoms with E-state index in [9.17, 15) is 14.7 Å². The van der Waals surface area contributed by atoms with E-state index in [-0.39, 0.29) is 5.69 Å². The summed E-state index contributed by atoms with van der Waals surface area (Å²) in [6.45, 7) is 1.68. The van der Waals surface area contributed by atoms with Gasteiger partial charge in [0, 0.05) is 15.9 Å². The van der Waals surface area contributed by atoms with Gasteiger partial charge in [0.05, 0.1) is 6.04 Å². The average Bonchev–Trinajstić information content (AvgIpc) is 2.86. The van der Waals surface area contributed by atoms with Gasteiger partial charge in [-0.2, -0.15) is 0 Å². The Kier molecular flexibility index (Phi) is 4.50. The van der Waals surface area contributed by atoms with Crippen LogP contribution in [0.5, 0.6) is 0 Å². The number of benzene rings is 1. The second kappa shape index (κ2) is 6.15. The Balaban J connectivity index is 2.19. The average molecular weight is 311 g/mol. The number of aliphatic hydroxyl groups is 1. The molecule has 1 heterocycles. The van der Waals surface area contributed by atoms with Gasteiger partial charge in [0.25, 0.3) is 5.91 Å². The summed E-state index contributed by atoms with van der Waals surface area (Å²) >= 11 is 5.88. The van der Waals surface area contributed by atoms with Crippen LogP contribution in [0.25, 0.3) is 10.9 Å². The second-order valence-electron chi connectivity index (χ2n) is 4.69. The van der Waals surface area contributed by atoms with Gasteiger partial charge in [0.2, 0.25) is 0 Å². The number of carbonyl (C=O) groups is 2. The van der Waals surface area contributed by atoms with Crippen LogP contribution in [0.3, 0.4) is 0 Å². The molecule has 1 amide bonds. The molecular formula is C14H15ClN2O4. The molecule has 21 heavy (non-hydrogen) atoms. The summed E-state index contributed by atoms with van der Waals surface area (Å²) in [6, 6.07) is 5.93. The molecule has 0 aliphatic carbocycles. The van der Waals surface area contributed by atoms with E-state index in [1.807, 2.05) is 0 Å². The van der Waals surface area contributed by atoms with E-state index in [1.54, 1.807) is 31.2 Å². The maximum atomic E-state index is 12.1. The van der Waals surface area contributed by atoms with Crippen molar-refractivity contribution in [2.45, 2.75) is 25.5 Å². The van der Waals surface area contributed by atoms with Crippen molar-refractivity contribution >= 4 is 34.4 Å². The van der Waals surface area contributed by atoms with Gasteiger partial charge in [-0.3, -0.25) is 4.79 Å². The molecule has 7 heteroatoms. The van der Waals surface area contributed by atoms with Crippen molar-refractivity contribution in [3.8, 4) is 0 Å². The molecule has 0 saturated heterocycles. The molecule has 0 radical (unpaired) electrons. The van der Waals surface area contributed by atoms with Crippen LogP contribution in [0.1, 0.15) is 23.8 Å². The number of aliphatic hydroxyl groups excluding tert-OH is 1. The highest BCUT2D eigenvalue weighted by atomic mass is 35.5. The number of H-pyrrole nitrogens is 1. The van der Waals surface area contributed by atoms with Gasteiger partial charge in [-0.1, -0.05) is 18.5 Å². The van der Waals surface area contributed by atoms with Gasteiger partial charge >= 0.3 is 5.97 Å². The Hall–Kier alpha value is -2.05. The summed E-state index contributed by atoms with van der Waals surface area (Å²) in [7, 11) is 0. The number of carboxylic acid groups (broad SMARTS) is 1. The quantitative estimate of drug-likeness (QED) is 0.676. The fourth-order valence-electron chi connectivity index (χ4n) is 2.05. The van der Waals surface area contributed by atoms with Crippen molar-refractivity contribution < 1.29 is 19.8 Å². The molecule has 0 saturated carbocycles. The third-order valence-corrected chi connectivity index (χ3v) is 3.45. The predicted molar refractivity (Wildman–Crippen MR) is 78.5 cm³/mol. The first-order valence-corrected chi connectivity index (χ1v) is 6.80. The molecule has 4 N–H and O–H groups in total. The number of carboxylic acids is 1. The lowest BCUT2D eigenvalue weighted by Gasteiger charge is -2.19. The number of amides is 1. The van der Waals surface area contributed by atoms with E-state index in [1.165, 1.54) is 0 Å². The number of fused-ring (bicyclic) bond motifs is 1. The van der Waals surface area contributed by atoms with E-state index in [0.29, 0.717) is 11.4 Å². The van der Waals surface area contributed by atoms with Crippen LogP contribution in [0.4, 0.5) is 0 Å². The first kappa shape index (κ1) is 15.3. The number of rotatable bonds is 5. The minimum absolute atomic E-state index is 0.281. The summed E-state index contributed by atoms with van der Waals surface area (Å²) in [5.41, 5.74) is 1.03. The Bertz CT molecular complexity index is 683. The number of hydrogen-bond acceptors (Lipinski definition) is 3. The predicted octanol–water partition coefficient (Wildman–Crippen LogP) is 1.78. The van der Waals surface area contributed by atoms with Crippen LogP contribution in [0.2, 0.25) is 5.02 Å². The molecule has 0 aliphatic heterocycles. The first-order chi connectivity index (χ1) is 9.92. The van der Waals surface area contributed by atoms with E-state index in [2.05, 4.69) is 10.3 Å². The molecule has 2 rings (SSSR count). The highest BCUT2D eigenvalue weighted by Crippen LogP contribution is 2.20. The van der Waals surface area contributed by atoms with Crippen LogP contribution in [-0.4, -0.2) is 39.2 Å². The van der Waals surface area contributed by atoms with Gasteiger partial charge in [-0.15, -0.1) is 0 Å². The van der Waals surface area contributed by atoms with Crippen LogP contribution in [0.15, 0.2) is 24.3 Å². The van der Waals surface area contributed by atoms with Crippen molar-refractivity contribution in [2.75, 3.05) is 0 Å². The molecule has 2 aromatic rings. The lowest BCUT2D eigenvalue weighted by molar-refractivity contribution is -0.148. The lowest BCUT2D eigenvalue weighted by Crippen LogP contribution is -2.46. The van der Waals surface area contributed by atoms with Crippen LogP contribution in [-0.2, 0) is 4.79 Å². The number of carbonyl (C=O) groups excluding carboxylic acids is 1. The second-order valence-corrected chi connectivity index (χ2v) is 5.12. The normalized spacial score (nSPS) is 13.9. The Morgan fingerprint density at radius 2 is 2.10 bits per heavy atom. The number of halogens is 1. The number of hydrogen-bond donors (Lipinski definition) is 4. The molecule has 0 unspecified atom stereocenters. The van der Waals surface area contributed by atoms with Crippen molar-refractivity contribution in [3.63, 3.8) is 0 Å². The molecule has 112 valence electrons. The zero-order chi connectivity index (χ0) is 15.6. The Labute approximate surface area is 125 Å². The van der Waals surface area contributed by atoms with E-state index in [0.717, 1.165) is 10.9 Å². The number of aromatic amines is 1. The SMILES string of the molecule is CC[C@H](NC(=O)c1cc2cc(Cl)ccc2[nH]1)[C@@H](O)C(=O)O. The smallest absolute Gasteiger partial charge is 0.334 e. The molecule has 1 aromatic carbocycles. The molecule has 0 aliphatic rings. The molecular weight excluding hydrogens is 296 g/mol. The standard InChI is InChI=1S/C14H15ClN2O4/c1-2-9(12(18)14(20)21)17-13(19)11-6-7-5-8(15)3-4-10(7)16-11/h3-6,9,12,16,18H,2H2,1H3,(H,17,19)(H,20,21)/t9-,12+/m0/s1. The van der Waals surface area contributed by atoms with Crippen LogP contribution in [0, 0.1) is 0 Å². The van der Waals surface area contributed by atoms with Gasteiger partial charge in [0.1, 0.15) is 5.69 Å². The lowest BCUT2D eigenvalue weighted by atomic mass is 10.1. The van der Waals surface area contributed by atoms with Gasteiger partial charge in [-0.05, 0) is 30.7 Å². The summed E-state index contributed by atoms with van der Waals surface area (Å²) < 4.78 is 0. The van der Waals surface area contributed by atoms with Crippen molar-refractivity contribution in [1.82, 2.24) is 10.3 Å². The van der Waals surface area contributed by atoms with E-state index in [4.69, 9.17) is 16.7 Å². The fraction of sp³-hybridized carbons (Fsp3) is 0.286. The summed E-state index contributed by atoms with van der Waals surface area (Å²) in [6.07, 6.45) is -1.34. The molecule has 0 bridgehead atoms. The molecule has 0 fully saturated rings. The highest BCUT2D eigenvalue weighted by Gasteiger charge is 2.26. The fourth-order valence-corrected chi connectivity index (χ4v) is 2.23. The zero-order valence-electron chi connectivity index (χ0n) is 11.3. The minimum Gasteiger partial charge on any atom is -0.479 e. The summed E-state index contributed by atoms with van der Waals surface area (Å²) in [5, 5.41) is 22.1. The van der Waals surface area contributed by atoms with Gasteiger partial charge in [-0.25, -0.2) is 4.79 Å². The highest BCUT2D eigenvalue weighted by molar-refractivity contribution is 6.31. The largest absolute Gasteiger partial charge is 0.479 e. The van der Waals surface area contributed by atoms with Crippen molar-refractivity contribution in [2.24, 2.45) is 0 Å². The van der Waals surface area contributed by atoms with Crippen LogP contribution >= 0.6 is 11.6 Å². The Morgan fingerprint density at radius 3 is 2.71 bits per heavy atom. The molecule has 0 spiro atoms.